The number of rotatable bonds is 8. The van der Waals surface area contributed by atoms with E-state index in [2.05, 4.69) is 88.0 Å². The molecule has 3 heterocycles. The highest BCUT2D eigenvalue weighted by Crippen LogP contribution is 2.46. The van der Waals surface area contributed by atoms with Crippen LogP contribution in [-0.4, -0.2) is 79.0 Å². The van der Waals surface area contributed by atoms with E-state index in [4.69, 9.17) is 35.7 Å². The largest absolute Gasteiger partial charge is 0.446 e. The number of nitrogen functional groups attached to an aromatic ring is 1. The van der Waals surface area contributed by atoms with Crippen molar-refractivity contribution in [2.75, 3.05) is 18.2 Å². The summed E-state index contributed by atoms with van der Waals surface area (Å²) < 4.78 is 27.8. The number of anilines is 1. The number of alkyl halides is 1. The van der Waals surface area contributed by atoms with Crippen LogP contribution in [0.5, 0.6) is 0 Å². The number of nitrogens with one attached hydrogen (secondary N) is 1. The number of imide groups is 1. The summed E-state index contributed by atoms with van der Waals surface area (Å²) in [6.45, 7) is 21.4. The SMILES string of the molecule is CC(C)(C)[Si](C)(C)OC1[C@@H](COC(=O)NC(=O)CCl)O[C@@H](n2cnc3c(N)ncnc32)[C@H]1O[Si](C)(C)C(C)(C)C. The van der Waals surface area contributed by atoms with Gasteiger partial charge in [0.1, 0.15) is 42.6 Å². The number of alkyl carbamates (subject to hydrolysis) is 1. The minimum Gasteiger partial charge on any atom is -0.446 e. The Kier molecular flexibility index (Phi) is 9.43. The van der Waals surface area contributed by atoms with Gasteiger partial charge in [0.25, 0.3) is 0 Å². The molecule has 3 rings (SSSR count). The van der Waals surface area contributed by atoms with E-state index in [9.17, 15) is 9.59 Å². The molecule has 1 aliphatic heterocycles. The summed E-state index contributed by atoms with van der Waals surface area (Å²) in [4.78, 5) is 36.8. The Morgan fingerprint density at radius 3 is 2.15 bits per heavy atom. The minimum absolute atomic E-state index is 0.112. The second-order valence-corrected chi connectivity index (χ2v) is 22.9. The number of nitrogens with two attached hydrogens (primary N) is 1. The lowest BCUT2D eigenvalue weighted by Gasteiger charge is -2.44. The fraction of sp³-hybridized carbons (Fsp3) is 0.720. The third-order valence-corrected chi connectivity index (χ3v) is 17.4. The van der Waals surface area contributed by atoms with Gasteiger partial charge >= 0.3 is 6.09 Å². The van der Waals surface area contributed by atoms with Crippen molar-refractivity contribution in [1.82, 2.24) is 24.8 Å². The van der Waals surface area contributed by atoms with Crippen LogP contribution in [0.2, 0.25) is 36.3 Å². The molecule has 1 aliphatic rings. The molecule has 40 heavy (non-hydrogen) atoms. The van der Waals surface area contributed by atoms with Crippen LogP contribution in [0.3, 0.4) is 0 Å². The van der Waals surface area contributed by atoms with Gasteiger partial charge < -0.3 is 24.1 Å². The molecule has 2 aromatic heterocycles. The maximum absolute atomic E-state index is 12.3. The fourth-order valence-corrected chi connectivity index (χ4v) is 6.44. The number of fused-ring (bicyclic) bond motifs is 1. The summed E-state index contributed by atoms with van der Waals surface area (Å²) >= 11 is 5.51. The van der Waals surface area contributed by atoms with Gasteiger partial charge in [0.05, 0.1) is 6.33 Å². The normalized spacial score (nSPS) is 22.5. The number of ether oxygens (including phenoxy) is 2. The van der Waals surface area contributed by atoms with Gasteiger partial charge in [-0.15, -0.1) is 11.6 Å². The minimum atomic E-state index is -2.38. The van der Waals surface area contributed by atoms with Crippen molar-refractivity contribution in [3.63, 3.8) is 0 Å². The van der Waals surface area contributed by atoms with Crippen LogP contribution in [0.25, 0.3) is 11.2 Å². The van der Waals surface area contributed by atoms with Gasteiger partial charge in [-0.1, -0.05) is 41.5 Å². The molecule has 1 unspecified atom stereocenters. The number of nitrogens with zero attached hydrogens (tertiary/aromatic N) is 4. The Morgan fingerprint density at radius 2 is 1.60 bits per heavy atom. The van der Waals surface area contributed by atoms with Crippen molar-refractivity contribution < 1.29 is 27.9 Å². The number of aromatic nitrogens is 4. The zero-order valence-electron chi connectivity index (χ0n) is 25.1. The lowest BCUT2D eigenvalue weighted by molar-refractivity contribution is -0.118. The van der Waals surface area contributed by atoms with Crippen molar-refractivity contribution in [3.8, 4) is 0 Å². The van der Waals surface area contributed by atoms with Crippen molar-refractivity contribution in [1.29, 1.82) is 0 Å². The van der Waals surface area contributed by atoms with Crippen molar-refractivity contribution in [2.24, 2.45) is 0 Å². The molecule has 2 aromatic rings. The average molecular weight is 615 g/mol. The molecule has 12 nitrogen and oxygen atoms in total. The van der Waals surface area contributed by atoms with Crippen molar-refractivity contribution in [2.45, 2.75) is 102 Å². The number of hydrogen-bond acceptors (Lipinski definition) is 10. The summed E-state index contributed by atoms with van der Waals surface area (Å²) in [5, 5.41) is 1.86. The molecule has 15 heteroatoms. The maximum atomic E-state index is 12.3. The van der Waals surface area contributed by atoms with Gasteiger partial charge in [0, 0.05) is 0 Å². The van der Waals surface area contributed by atoms with Gasteiger partial charge in [0.15, 0.2) is 34.3 Å². The summed E-state index contributed by atoms with van der Waals surface area (Å²) in [7, 11) is -4.76. The number of halogens is 1. The van der Waals surface area contributed by atoms with E-state index in [0.717, 1.165) is 0 Å². The molecular formula is C25H43ClN6O6Si2. The van der Waals surface area contributed by atoms with Crippen molar-refractivity contribution in [3.05, 3.63) is 12.7 Å². The average Bonchev–Trinajstić information content (AvgIpc) is 3.38. The molecule has 0 saturated carbocycles. The quantitative estimate of drug-likeness (QED) is 0.319. The predicted molar refractivity (Wildman–Crippen MR) is 158 cm³/mol. The zero-order chi connectivity index (χ0) is 30.3. The number of hydrogen-bond donors (Lipinski definition) is 2. The highest BCUT2D eigenvalue weighted by Gasteiger charge is 2.54. The lowest BCUT2D eigenvalue weighted by atomic mass is 10.1. The Hall–Kier alpha value is -2.11. The summed E-state index contributed by atoms with van der Waals surface area (Å²) in [5.74, 6) is -0.777. The first-order valence-corrected chi connectivity index (χ1v) is 19.6. The van der Waals surface area contributed by atoms with Crippen LogP contribution in [0.4, 0.5) is 10.6 Å². The zero-order valence-corrected chi connectivity index (χ0v) is 27.8. The van der Waals surface area contributed by atoms with Crippen molar-refractivity contribution >= 4 is 57.2 Å². The van der Waals surface area contributed by atoms with Crippen LogP contribution < -0.4 is 11.1 Å². The predicted octanol–water partition coefficient (Wildman–Crippen LogP) is 4.58. The number of carbonyl (C=O) groups is 2. The van der Waals surface area contributed by atoms with E-state index < -0.39 is 53.2 Å². The third kappa shape index (κ3) is 6.85. The first-order valence-electron chi connectivity index (χ1n) is 13.3. The topological polar surface area (TPSA) is 153 Å². The van der Waals surface area contributed by atoms with E-state index >= 15 is 0 Å². The van der Waals surface area contributed by atoms with Crippen LogP contribution in [0, 0.1) is 0 Å². The summed E-state index contributed by atoms with van der Waals surface area (Å²) in [6.07, 6.45) is -0.582. The summed E-state index contributed by atoms with van der Waals surface area (Å²) in [6, 6.07) is 0. The molecule has 3 N–H and O–H groups in total. The van der Waals surface area contributed by atoms with Gasteiger partial charge in [-0.2, -0.15) is 0 Å². The molecule has 0 aliphatic carbocycles. The fourth-order valence-electron chi connectivity index (χ4n) is 3.77. The van der Waals surface area contributed by atoms with Crippen LogP contribution >= 0.6 is 11.6 Å². The molecule has 0 radical (unpaired) electrons. The lowest BCUT2D eigenvalue weighted by Crippen LogP contribution is -2.54. The van der Waals surface area contributed by atoms with Gasteiger partial charge in [0.2, 0.25) is 5.91 Å². The Bertz CT molecular complexity index is 1230. The molecule has 224 valence electrons. The van der Waals surface area contributed by atoms with E-state index in [1.54, 1.807) is 10.9 Å². The standard InChI is InChI=1S/C25H43ClN6O6Si2/c1-24(2,3)39(7,8)37-18-15(12-35-23(34)31-16(33)11-26)36-22(19(18)38-40(9,10)25(4,5)6)32-14-30-17-20(27)28-13-29-21(17)32/h13-15,18-19,22H,11-12H2,1-10H3,(H2,27,28,29)(H,31,33,34)/t15-,18?,19+,22-/m1/s1. The molecule has 0 spiro atoms. The molecule has 0 bridgehead atoms. The highest BCUT2D eigenvalue weighted by atomic mass is 35.5. The molecule has 2 amide bonds. The molecule has 0 aromatic carbocycles. The van der Waals surface area contributed by atoms with Crippen LogP contribution in [0.15, 0.2) is 12.7 Å². The van der Waals surface area contributed by atoms with Gasteiger partial charge in [-0.25, -0.2) is 19.7 Å². The molecule has 1 saturated heterocycles. The second kappa shape index (κ2) is 11.6. The highest BCUT2D eigenvalue weighted by molar-refractivity contribution is 6.74. The van der Waals surface area contributed by atoms with Gasteiger partial charge in [-0.3, -0.25) is 14.7 Å². The number of carbonyl (C=O) groups excluding carboxylic acids is 2. The second-order valence-electron chi connectivity index (χ2n) is 13.1. The van der Waals surface area contributed by atoms with Crippen LogP contribution in [0.1, 0.15) is 47.8 Å². The Labute approximate surface area is 242 Å². The molecule has 4 atom stereocenters. The first-order chi connectivity index (χ1) is 18.3. The van der Waals surface area contributed by atoms with E-state index in [0.29, 0.717) is 11.2 Å². The van der Waals surface area contributed by atoms with Crippen LogP contribution in [-0.2, 0) is 23.1 Å². The van der Waals surface area contributed by atoms with Gasteiger partial charge in [-0.05, 0) is 36.3 Å². The summed E-state index contributed by atoms with van der Waals surface area (Å²) in [5.41, 5.74) is 6.99. The molecular weight excluding hydrogens is 572 g/mol. The first kappa shape index (κ1) is 32.4. The van der Waals surface area contributed by atoms with E-state index in [1.165, 1.54) is 6.33 Å². The number of imidazole rings is 1. The smallest absolute Gasteiger partial charge is 0.413 e. The van der Waals surface area contributed by atoms with E-state index in [1.807, 2.05) is 0 Å². The Balaban J connectivity index is 2.09. The molecule has 1 fully saturated rings. The number of amides is 2. The third-order valence-electron chi connectivity index (χ3n) is 8.16. The Morgan fingerprint density at radius 1 is 1.02 bits per heavy atom. The monoisotopic (exact) mass is 614 g/mol. The van der Waals surface area contributed by atoms with E-state index in [-0.39, 0.29) is 28.4 Å². The maximum Gasteiger partial charge on any atom is 0.413 e.